The van der Waals surface area contributed by atoms with Crippen molar-refractivity contribution in [3.63, 3.8) is 0 Å². The van der Waals surface area contributed by atoms with E-state index in [2.05, 4.69) is 10.2 Å². The number of likely N-dealkylation sites (N-methyl/N-ethyl adjacent to an activating group) is 1. The topological polar surface area (TPSA) is 149 Å². The summed E-state index contributed by atoms with van der Waals surface area (Å²) in [6, 6.07) is -1.23. The van der Waals surface area contributed by atoms with Crippen LogP contribution in [-0.2, 0) is 38.2 Å². The van der Waals surface area contributed by atoms with E-state index >= 15 is 0 Å². The van der Waals surface area contributed by atoms with Crippen molar-refractivity contribution in [2.24, 2.45) is 11.3 Å². The van der Waals surface area contributed by atoms with E-state index in [9.17, 15) is 28.8 Å². The second kappa shape index (κ2) is 15.3. The second-order valence-electron chi connectivity index (χ2n) is 12.2. The minimum atomic E-state index is -1.86. The number of carbonyl (C=O) groups excluding carboxylic acids is 6. The van der Waals surface area contributed by atoms with Gasteiger partial charge in [-0.25, -0.2) is 4.79 Å². The quantitative estimate of drug-likeness (QED) is 0.213. The molecule has 2 amide bonds. The van der Waals surface area contributed by atoms with Gasteiger partial charge in [-0.05, 0) is 40.0 Å². The first-order valence-corrected chi connectivity index (χ1v) is 15.2. The molecule has 246 valence electrons. The van der Waals surface area contributed by atoms with Crippen LogP contribution in [0.1, 0.15) is 54.4 Å². The fraction of sp³-hybridized carbons (Fsp3) is 0.576. The Kier molecular flexibility index (Phi) is 12.0. The summed E-state index contributed by atoms with van der Waals surface area (Å²) in [4.78, 5) is 80.6. The first-order chi connectivity index (χ1) is 21.1. The predicted molar refractivity (Wildman–Crippen MR) is 165 cm³/mol. The van der Waals surface area contributed by atoms with Crippen molar-refractivity contribution in [1.29, 1.82) is 0 Å². The van der Waals surface area contributed by atoms with E-state index in [0.717, 1.165) is 25.6 Å². The third-order valence-corrected chi connectivity index (χ3v) is 8.44. The van der Waals surface area contributed by atoms with Crippen LogP contribution in [0.4, 0.5) is 4.79 Å². The predicted octanol–water partition coefficient (Wildman–Crippen LogP) is 2.68. The maximum absolute atomic E-state index is 13.9. The number of fused-ring (bicyclic) bond motifs is 10. The number of ketones is 2. The number of carbonyl (C=O) groups is 6. The molecule has 0 radical (unpaired) electrons. The Balaban J connectivity index is 2.06. The van der Waals surface area contributed by atoms with E-state index in [1.165, 1.54) is 19.9 Å². The minimum absolute atomic E-state index is 0.0320. The molecule has 12 nitrogen and oxygen atoms in total. The number of hydrogen-bond acceptors (Lipinski definition) is 10. The van der Waals surface area contributed by atoms with Crippen LogP contribution in [0.15, 0.2) is 47.6 Å². The molecular formula is C33H45N3O9. The van der Waals surface area contributed by atoms with Gasteiger partial charge >= 0.3 is 18.0 Å². The lowest BCUT2D eigenvalue weighted by atomic mass is 9.69. The maximum Gasteiger partial charge on any atom is 0.410 e. The summed E-state index contributed by atoms with van der Waals surface area (Å²) in [5.74, 6) is -4.48. The van der Waals surface area contributed by atoms with E-state index in [-0.39, 0.29) is 6.42 Å². The molecule has 0 spiro atoms. The Morgan fingerprint density at radius 2 is 1.58 bits per heavy atom. The number of nitrogens with zero attached hydrogens (tertiary/aromatic N) is 2. The highest BCUT2D eigenvalue weighted by Crippen LogP contribution is 2.38. The van der Waals surface area contributed by atoms with Gasteiger partial charge in [0.1, 0.15) is 23.7 Å². The van der Waals surface area contributed by atoms with Crippen molar-refractivity contribution in [1.82, 2.24) is 15.1 Å². The fourth-order valence-electron chi connectivity index (χ4n) is 5.41. The lowest BCUT2D eigenvalue weighted by Crippen LogP contribution is -2.61. The molecule has 6 atom stereocenters. The first kappa shape index (κ1) is 35.4. The number of esters is 2. The highest BCUT2D eigenvalue weighted by atomic mass is 16.6. The molecule has 0 aromatic rings. The van der Waals surface area contributed by atoms with E-state index in [1.807, 2.05) is 20.0 Å². The molecule has 1 N–H and O–H groups in total. The summed E-state index contributed by atoms with van der Waals surface area (Å²) in [5.41, 5.74) is -0.509. The molecule has 2 bridgehead atoms. The number of rotatable bonds is 4. The zero-order chi connectivity index (χ0) is 33.5. The Morgan fingerprint density at radius 3 is 2.20 bits per heavy atom. The van der Waals surface area contributed by atoms with Crippen LogP contribution in [0.3, 0.4) is 0 Å². The van der Waals surface area contributed by atoms with Crippen LogP contribution in [0, 0.1) is 11.3 Å². The Labute approximate surface area is 264 Å². The summed E-state index contributed by atoms with van der Waals surface area (Å²) in [6.07, 6.45) is 7.73. The zero-order valence-corrected chi connectivity index (χ0v) is 27.2. The summed E-state index contributed by atoms with van der Waals surface area (Å²) in [6.45, 7) is 11.5. The highest BCUT2D eigenvalue weighted by molar-refractivity contribution is 6.35. The third kappa shape index (κ3) is 9.23. The van der Waals surface area contributed by atoms with Gasteiger partial charge in [0, 0.05) is 52.9 Å². The molecule has 0 aromatic carbocycles. The van der Waals surface area contributed by atoms with Crippen molar-refractivity contribution < 1.29 is 43.0 Å². The SMILES string of the molecule is CC(=O)O[C@H]1/C=C\C(C)=C/C[C@@H](OC(=O)N2CCN(C)CC2)/C=C\C(C)=C/[C@H](NC(=O)C(C)=O)[C@@]2(C)C(=O)O[C@@H](C1)[C@H](C)C2=O. The molecule has 0 saturated carbocycles. The van der Waals surface area contributed by atoms with Gasteiger partial charge < -0.3 is 29.3 Å². The van der Waals surface area contributed by atoms with E-state index < -0.39 is 71.2 Å². The summed E-state index contributed by atoms with van der Waals surface area (Å²) >= 11 is 0. The van der Waals surface area contributed by atoms with Crippen molar-refractivity contribution in [2.45, 2.75) is 78.7 Å². The van der Waals surface area contributed by atoms with Crippen LogP contribution in [-0.4, -0.2) is 103 Å². The molecule has 3 aliphatic heterocycles. The number of piperazine rings is 1. The van der Waals surface area contributed by atoms with Gasteiger partial charge in [-0.15, -0.1) is 0 Å². The van der Waals surface area contributed by atoms with Crippen molar-refractivity contribution in [2.75, 3.05) is 33.2 Å². The van der Waals surface area contributed by atoms with Gasteiger partial charge in [0.05, 0.1) is 12.0 Å². The van der Waals surface area contributed by atoms with Crippen LogP contribution in [0.25, 0.3) is 0 Å². The third-order valence-electron chi connectivity index (χ3n) is 8.44. The lowest BCUT2D eigenvalue weighted by molar-refractivity contribution is -0.182. The van der Waals surface area contributed by atoms with E-state index in [0.29, 0.717) is 25.1 Å². The smallest absolute Gasteiger partial charge is 0.410 e. The second-order valence-corrected chi connectivity index (χ2v) is 12.2. The fourth-order valence-corrected chi connectivity index (χ4v) is 5.41. The number of amides is 2. The molecule has 2 saturated heterocycles. The van der Waals surface area contributed by atoms with Crippen LogP contribution in [0.5, 0.6) is 0 Å². The highest BCUT2D eigenvalue weighted by Gasteiger charge is 2.56. The normalized spacial score (nSPS) is 33.8. The Bertz CT molecular complexity index is 1310. The van der Waals surface area contributed by atoms with E-state index in [4.69, 9.17) is 14.2 Å². The van der Waals surface area contributed by atoms with Gasteiger partial charge in [-0.1, -0.05) is 42.4 Å². The zero-order valence-electron chi connectivity index (χ0n) is 27.2. The number of ether oxygens (including phenoxy) is 3. The average molecular weight is 628 g/mol. The Morgan fingerprint density at radius 1 is 0.956 bits per heavy atom. The molecule has 1 aliphatic carbocycles. The van der Waals surface area contributed by atoms with Gasteiger partial charge in [-0.3, -0.25) is 24.0 Å². The molecule has 45 heavy (non-hydrogen) atoms. The Hall–Kier alpha value is -4.06. The van der Waals surface area contributed by atoms with Gasteiger partial charge in [0.2, 0.25) is 5.78 Å². The minimum Gasteiger partial charge on any atom is -0.461 e. The number of Topliss-reactive ketones (excluding diaryl/α,β-unsaturated/α-hetero) is 2. The van der Waals surface area contributed by atoms with Crippen LogP contribution in [0.2, 0.25) is 0 Å². The largest absolute Gasteiger partial charge is 0.461 e. The molecule has 0 unspecified atom stereocenters. The molecule has 0 aromatic heterocycles. The summed E-state index contributed by atoms with van der Waals surface area (Å²) in [7, 11) is 1.99. The van der Waals surface area contributed by atoms with Gasteiger partial charge in [-0.2, -0.15) is 0 Å². The molecule has 2 fully saturated rings. The lowest BCUT2D eigenvalue weighted by Gasteiger charge is -2.42. The number of nitrogens with one attached hydrogen (secondary N) is 1. The maximum atomic E-state index is 13.9. The molecule has 4 rings (SSSR count). The van der Waals surface area contributed by atoms with Gasteiger partial charge in [0.25, 0.3) is 5.91 Å². The van der Waals surface area contributed by atoms with Crippen molar-refractivity contribution in [3.8, 4) is 0 Å². The van der Waals surface area contributed by atoms with Crippen LogP contribution < -0.4 is 5.32 Å². The van der Waals surface area contributed by atoms with Gasteiger partial charge in [0.15, 0.2) is 5.78 Å². The molecule has 12 heteroatoms. The standard InChI is InChI=1S/C33H45N3O9/c1-20-8-11-25(44-32(42)36-16-14-35(7)15-17-36)12-10-21(2)18-28(34-30(40)23(4)37)33(6)29(39)22(3)27(45-31(33)41)19-26(13-9-20)43-24(5)38/h8-10,12-13,18,22,25-28H,11,14-17,19H2,1-7H3,(H,34,40)/b12-10-,13-9-,20-8-,21-18-/t22-,25+,26-,27-,28-,33+/m0/s1. The first-order valence-electron chi connectivity index (χ1n) is 15.2. The monoisotopic (exact) mass is 627 g/mol. The summed E-state index contributed by atoms with van der Waals surface area (Å²) < 4.78 is 17.1. The average Bonchev–Trinajstić information content (AvgIpc) is 2.97. The van der Waals surface area contributed by atoms with Crippen molar-refractivity contribution >= 4 is 35.5 Å². The molecular weight excluding hydrogens is 582 g/mol. The molecule has 4 aliphatic rings. The number of hydrogen-bond donors (Lipinski definition) is 1. The van der Waals surface area contributed by atoms with Crippen LogP contribution >= 0.6 is 0 Å². The molecule has 3 heterocycles. The van der Waals surface area contributed by atoms with E-state index in [1.54, 1.807) is 43.1 Å². The summed E-state index contributed by atoms with van der Waals surface area (Å²) in [5, 5.41) is 2.53. The number of allylic oxidation sites excluding steroid dienone is 4. The van der Waals surface area contributed by atoms with Crippen molar-refractivity contribution in [3.05, 3.63) is 47.6 Å².